The van der Waals surface area contributed by atoms with Crippen LogP contribution >= 0.6 is 0 Å². The first kappa shape index (κ1) is 25.6. The molecule has 0 aliphatic carbocycles. The molecule has 0 aromatic heterocycles. The molecule has 0 amide bonds. The van der Waals surface area contributed by atoms with Crippen LogP contribution in [-0.4, -0.2) is 36.3 Å². The molecule has 0 aliphatic rings. The summed E-state index contributed by atoms with van der Waals surface area (Å²) in [5.41, 5.74) is 2.75. The van der Waals surface area contributed by atoms with E-state index in [9.17, 15) is 8.42 Å². The Morgan fingerprint density at radius 2 is 1.41 bits per heavy atom. The van der Waals surface area contributed by atoms with E-state index in [1.165, 1.54) is 0 Å². The third kappa shape index (κ3) is 5.54. The highest BCUT2D eigenvalue weighted by Gasteiger charge is 2.26. The molecular formula is C27H33NO5S. The summed E-state index contributed by atoms with van der Waals surface area (Å²) in [4.78, 5) is 0.228. The first-order valence-electron chi connectivity index (χ1n) is 11.1. The van der Waals surface area contributed by atoms with Crippen molar-refractivity contribution in [2.24, 2.45) is 0 Å². The summed E-state index contributed by atoms with van der Waals surface area (Å²) < 4.78 is 45.7. The molecule has 0 heterocycles. The van der Waals surface area contributed by atoms with Crippen molar-refractivity contribution in [2.75, 3.05) is 27.9 Å². The van der Waals surface area contributed by atoms with Gasteiger partial charge in [0, 0.05) is 18.0 Å². The molecule has 1 unspecified atom stereocenters. The van der Waals surface area contributed by atoms with Gasteiger partial charge in [-0.1, -0.05) is 69.3 Å². The van der Waals surface area contributed by atoms with Crippen LogP contribution in [-0.2, 0) is 15.4 Å². The number of benzene rings is 3. The van der Waals surface area contributed by atoms with Crippen LogP contribution in [0.25, 0.3) is 0 Å². The van der Waals surface area contributed by atoms with Crippen molar-refractivity contribution in [3.05, 3.63) is 83.4 Å². The number of ether oxygens (including phenoxy) is 3. The van der Waals surface area contributed by atoms with Gasteiger partial charge in [0.2, 0.25) is 15.8 Å². The lowest BCUT2D eigenvalue weighted by Crippen LogP contribution is -2.29. The number of rotatable bonds is 9. The zero-order valence-electron chi connectivity index (χ0n) is 20.6. The summed E-state index contributed by atoms with van der Waals surface area (Å²) in [5.74, 6) is 1.18. The Hall–Kier alpha value is -3.03. The van der Waals surface area contributed by atoms with Gasteiger partial charge in [-0.15, -0.1) is 0 Å². The molecule has 3 aromatic rings. The van der Waals surface area contributed by atoms with E-state index in [0.717, 1.165) is 16.7 Å². The monoisotopic (exact) mass is 483 g/mol. The first-order chi connectivity index (χ1) is 16.1. The fourth-order valence-corrected chi connectivity index (χ4v) is 4.95. The average Bonchev–Trinajstić information content (AvgIpc) is 2.83. The van der Waals surface area contributed by atoms with Crippen LogP contribution in [0.15, 0.2) is 71.6 Å². The van der Waals surface area contributed by atoms with Gasteiger partial charge in [0.05, 0.1) is 26.2 Å². The van der Waals surface area contributed by atoms with Crippen molar-refractivity contribution >= 4 is 10.0 Å². The normalized spacial score (nSPS) is 12.8. The van der Waals surface area contributed by atoms with Crippen molar-refractivity contribution in [1.82, 2.24) is 4.72 Å². The lowest BCUT2D eigenvalue weighted by molar-refractivity contribution is 0.321. The summed E-state index contributed by atoms with van der Waals surface area (Å²) in [6.45, 7) is 6.42. The van der Waals surface area contributed by atoms with E-state index in [0.29, 0.717) is 17.2 Å². The Bertz CT molecular complexity index is 1200. The lowest BCUT2D eigenvalue weighted by Gasteiger charge is -2.23. The van der Waals surface area contributed by atoms with Crippen molar-refractivity contribution in [1.29, 1.82) is 0 Å². The van der Waals surface area contributed by atoms with Gasteiger partial charge >= 0.3 is 0 Å². The molecule has 1 N–H and O–H groups in total. The summed E-state index contributed by atoms with van der Waals surface area (Å²) in [6, 6.07) is 20.4. The highest BCUT2D eigenvalue weighted by Crippen LogP contribution is 2.44. The SMILES string of the molecule is COc1ccc(C(CNS(=O)(=O)c2ccc(C(C)(C)C)cc2)c2ccccc2)c(OC)c1OC. The predicted molar refractivity (Wildman–Crippen MR) is 135 cm³/mol. The number of hydrogen-bond donors (Lipinski definition) is 1. The zero-order valence-corrected chi connectivity index (χ0v) is 21.4. The second-order valence-electron chi connectivity index (χ2n) is 9.01. The molecule has 0 saturated carbocycles. The van der Waals surface area contributed by atoms with Crippen molar-refractivity contribution in [3.63, 3.8) is 0 Å². The maximum absolute atomic E-state index is 13.2. The second-order valence-corrected chi connectivity index (χ2v) is 10.8. The molecule has 1 atom stereocenters. The molecule has 0 aliphatic heterocycles. The fraction of sp³-hybridized carbons (Fsp3) is 0.333. The van der Waals surface area contributed by atoms with E-state index in [2.05, 4.69) is 25.5 Å². The minimum Gasteiger partial charge on any atom is -0.493 e. The number of hydrogen-bond acceptors (Lipinski definition) is 5. The quantitative estimate of drug-likeness (QED) is 0.457. The van der Waals surface area contributed by atoms with E-state index in [-0.39, 0.29) is 22.8 Å². The summed E-state index contributed by atoms with van der Waals surface area (Å²) in [5, 5.41) is 0. The maximum Gasteiger partial charge on any atom is 0.240 e. The van der Waals surface area contributed by atoms with Gasteiger partial charge in [-0.2, -0.15) is 0 Å². The van der Waals surface area contributed by atoms with Crippen LogP contribution in [0.5, 0.6) is 17.2 Å². The van der Waals surface area contributed by atoms with Gasteiger partial charge < -0.3 is 14.2 Å². The van der Waals surface area contributed by atoms with E-state index in [1.54, 1.807) is 39.5 Å². The van der Waals surface area contributed by atoms with Crippen LogP contribution in [0.4, 0.5) is 0 Å². The van der Waals surface area contributed by atoms with Gasteiger partial charge in [0.25, 0.3) is 0 Å². The summed E-state index contributed by atoms with van der Waals surface area (Å²) in [6.07, 6.45) is 0. The number of methoxy groups -OCH3 is 3. The van der Waals surface area contributed by atoms with E-state index < -0.39 is 10.0 Å². The lowest BCUT2D eigenvalue weighted by atomic mass is 9.87. The Morgan fingerprint density at radius 1 is 0.794 bits per heavy atom. The summed E-state index contributed by atoms with van der Waals surface area (Å²) in [7, 11) is 0.938. The minimum absolute atomic E-state index is 0.0574. The van der Waals surface area contributed by atoms with Crippen LogP contribution < -0.4 is 18.9 Å². The van der Waals surface area contributed by atoms with Crippen LogP contribution in [0, 0.1) is 0 Å². The largest absolute Gasteiger partial charge is 0.493 e. The smallest absolute Gasteiger partial charge is 0.240 e. The van der Waals surface area contributed by atoms with Gasteiger partial charge in [-0.3, -0.25) is 0 Å². The maximum atomic E-state index is 13.2. The van der Waals surface area contributed by atoms with Crippen molar-refractivity contribution < 1.29 is 22.6 Å². The zero-order chi connectivity index (χ0) is 24.9. The average molecular weight is 484 g/mol. The molecule has 34 heavy (non-hydrogen) atoms. The van der Waals surface area contributed by atoms with Crippen LogP contribution in [0.3, 0.4) is 0 Å². The van der Waals surface area contributed by atoms with E-state index in [1.807, 2.05) is 48.5 Å². The van der Waals surface area contributed by atoms with Gasteiger partial charge in [-0.05, 0) is 34.7 Å². The van der Waals surface area contributed by atoms with Crippen LogP contribution in [0.1, 0.15) is 43.4 Å². The van der Waals surface area contributed by atoms with E-state index >= 15 is 0 Å². The fourth-order valence-electron chi connectivity index (χ4n) is 3.90. The van der Waals surface area contributed by atoms with Crippen molar-refractivity contribution in [2.45, 2.75) is 37.0 Å². The van der Waals surface area contributed by atoms with Gasteiger partial charge in [0.1, 0.15) is 0 Å². The number of nitrogens with one attached hydrogen (secondary N) is 1. The van der Waals surface area contributed by atoms with Crippen molar-refractivity contribution in [3.8, 4) is 17.2 Å². The number of sulfonamides is 1. The highest BCUT2D eigenvalue weighted by molar-refractivity contribution is 7.89. The second kappa shape index (κ2) is 10.5. The third-order valence-electron chi connectivity index (χ3n) is 5.82. The first-order valence-corrected chi connectivity index (χ1v) is 12.5. The Kier molecular flexibility index (Phi) is 7.89. The van der Waals surface area contributed by atoms with Crippen LogP contribution in [0.2, 0.25) is 0 Å². The molecule has 0 bridgehead atoms. The van der Waals surface area contributed by atoms with Gasteiger partial charge in [0.15, 0.2) is 11.5 Å². The third-order valence-corrected chi connectivity index (χ3v) is 7.26. The highest BCUT2D eigenvalue weighted by atomic mass is 32.2. The molecule has 3 aromatic carbocycles. The Labute approximate surface area is 202 Å². The van der Waals surface area contributed by atoms with Gasteiger partial charge in [-0.25, -0.2) is 13.1 Å². The topological polar surface area (TPSA) is 73.9 Å². The molecule has 0 radical (unpaired) electrons. The molecular weight excluding hydrogens is 450 g/mol. The Balaban J connectivity index is 1.98. The molecule has 7 heteroatoms. The molecule has 0 saturated heterocycles. The predicted octanol–water partition coefficient (Wildman–Crippen LogP) is 5.12. The molecule has 6 nitrogen and oxygen atoms in total. The minimum atomic E-state index is -3.73. The molecule has 182 valence electrons. The molecule has 3 rings (SSSR count). The van der Waals surface area contributed by atoms with E-state index in [4.69, 9.17) is 14.2 Å². The molecule has 0 fully saturated rings. The standard InChI is InChI=1S/C27H33NO5S/c1-27(2,3)20-12-14-21(15-13-20)34(29,30)28-18-23(19-10-8-7-9-11-19)22-16-17-24(31-4)26(33-6)25(22)32-5/h7-17,23,28H,18H2,1-6H3. The Morgan fingerprint density at radius 3 is 1.94 bits per heavy atom. The summed E-state index contributed by atoms with van der Waals surface area (Å²) >= 11 is 0. The molecule has 0 spiro atoms.